The van der Waals surface area contributed by atoms with Gasteiger partial charge < -0.3 is 10.6 Å². The van der Waals surface area contributed by atoms with Gasteiger partial charge in [-0.1, -0.05) is 20.8 Å². The summed E-state index contributed by atoms with van der Waals surface area (Å²) in [6.45, 7) is 7.30. The fourth-order valence-corrected chi connectivity index (χ4v) is 2.11. The van der Waals surface area contributed by atoms with Gasteiger partial charge in [-0.15, -0.1) is 11.8 Å². The third kappa shape index (κ3) is 7.55. The highest BCUT2D eigenvalue weighted by molar-refractivity contribution is 8.01. The number of thioether (sulfide) groups is 1. The molecule has 0 aliphatic rings. The molecular formula is C14H21N3O3S. The van der Waals surface area contributed by atoms with Gasteiger partial charge in [-0.3, -0.25) is 14.9 Å². The minimum absolute atomic E-state index is 0.0143. The fraction of sp³-hybridized carbons (Fsp3) is 0.500. The summed E-state index contributed by atoms with van der Waals surface area (Å²) >= 11 is 1.60. The van der Waals surface area contributed by atoms with E-state index in [1.54, 1.807) is 23.9 Å². The third-order valence-corrected chi connectivity index (χ3v) is 3.76. The lowest BCUT2D eigenvalue weighted by atomic mass is 10.3. The molecule has 1 amide bonds. The van der Waals surface area contributed by atoms with Gasteiger partial charge in [-0.05, 0) is 12.1 Å². The Bertz CT molecular complexity index is 483. The van der Waals surface area contributed by atoms with Crippen molar-refractivity contribution in [1.82, 2.24) is 5.32 Å². The number of carbonyl (C=O) groups is 1. The van der Waals surface area contributed by atoms with Crippen LogP contribution in [0, 0.1) is 10.1 Å². The van der Waals surface area contributed by atoms with Crippen molar-refractivity contribution in [2.24, 2.45) is 0 Å². The van der Waals surface area contributed by atoms with Gasteiger partial charge in [0.15, 0.2) is 0 Å². The van der Waals surface area contributed by atoms with Crippen molar-refractivity contribution in [3.63, 3.8) is 0 Å². The number of nitro groups is 1. The maximum atomic E-state index is 11.6. The zero-order valence-corrected chi connectivity index (χ0v) is 13.3. The van der Waals surface area contributed by atoms with Crippen LogP contribution in [-0.4, -0.2) is 34.4 Å². The van der Waals surface area contributed by atoms with E-state index in [1.165, 1.54) is 12.1 Å². The number of nitrogens with zero attached hydrogens (tertiary/aromatic N) is 1. The molecule has 6 nitrogen and oxygen atoms in total. The van der Waals surface area contributed by atoms with Crippen molar-refractivity contribution in [1.29, 1.82) is 0 Å². The Morgan fingerprint density at radius 2 is 1.86 bits per heavy atom. The van der Waals surface area contributed by atoms with E-state index in [0.29, 0.717) is 18.8 Å². The van der Waals surface area contributed by atoms with Gasteiger partial charge in [0.05, 0.1) is 10.7 Å². The molecule has 7 heteroatoms. The number of anilines is 1. The molecule has 0 atom stereocenters. The predicted octanol–water partition coefficient (Wildman–Crippen LogP) is 2.65. The van der Waals surface area contributed by atoms with E-state index in [-0.39, 0.29) is 16.3 Å². The highest BCUT2D eigenvalue weighted by Gasteiger charge is 2.12. The minimum Gasteiger partial charge on any atom is -0.383 e. The van der Waals surface area contributed by atoms with Crippen molar-refractivity contribution in [3.05, 3.63) is 34.4 Å². The molecule has 21 heavy (non-hydrogen) atoms. The Hall–Kier alpha value is -1.76. The van der Waals surface area contributed by atoms with Gasteiger partial charge in [0, 0.05) is 35.7 Å². The first-order valence-corrected chi connectivity index (χ1v) is 7.65. The van der Waals surface area contributed by atoms with Crippen molar-refractivity contribution < 1.29 is 9.72 Å². The SMILES string of the molecule is CC(C)(C)SCC(=O)NCCNc1ccc([N+](=O)[O-])cc1. The standard InChI is InChI=1S/C14H21N3O3S/c1-14(2,3)21-10-13(18)16-9-8-15-11-4-6-12(7-5-11)17(19)20/h4-7,15H,8-10H2,1-3H3,(H,16,18). The quantitative estimate of drug-likeness (QED) is 0.459. The Balaban J connectivity index is 2.22. The molecule has 116 valence electrons. The molecule has 0 heterocycles. The Morgan fingerprint density at radius 1 is 1.24 bits per heavy atom. The number of benzene rings is 1. The fourth-order valence-electron chi connectivity index (χ4n) is 1.44. The van der Waals surface area contributed by atoms with Crippen LogP contribution in [0.2, 0.25) is 0 Å². The maximum absolute atomic E-state index is 11.6. The number of nitrogens with one attached hydrogen (secondary N) is 2. The summed E-state index contributed by atoms with van der Waals surface area (Å²) in [7, 11) is 0. The lowest BCUT2D eigenvalue weighted by Crippen LogP contribution is -2.31. The van der Waals surface area contributed by atoms with Gasteiger partial charge in [-0.2, -0.15) is 0 Å². The molecule has 2 N–H and O–H groups in total. The molecule has 0 aliphatic carbocycles. The molecule has 0 unspecified atom stereocenters. The van der Waals surface area contributed by atoms with Crippen LogP contribution in [0.1, 0.15) is 20.8 Å². The number of non-ortho nitro benzene ring substituents is 1. The van der Waals surface area contributed by atoms with Crippen molar-refractivity contribution >= 4 is 29.0 Å². The van der Waals surface area contributed by atoms with Gasteiger partial charge in [0.1, 0.15) is 0 Å². The topological polar surface area (TPSA) is 84.3 Å². The first-order valence-electron chi connectivity index (χ1n) is 6.67. The predicted molar refractivity (Wildman–Crippen MR) is 86.8 cm³/mol. The van der Waals surface area contributed by atoms with Crippen molar-refractivity contribution in [2.45, 2.75) is 25.5 Å². The summed E-state index contributed by atoms with van der Waals surface area (Å²) in [5.74, 6) is 0.460. The lowest BCUT2D eigenvalue weighted by Gasteiger charge is -2.17. The maximum Gasteiger partial charge on any atom is 0.269 e. The van der Waals surface area contributed by atoms with Crippen LogP contribution in [0.3, 0.4) is 0 Å². The second-order valence-corrected chi connectivity index (χ2v) is 7.28. The molecule has 0 saturated heterocycles. The highest BCUT2D eigenvalue weighted by atomic mass is 32.2. The summed E-state index contributed by atoms with van der Waals surface area (Å²) in [6.07, 6.45) is 0. The van der Waals surface area contributed by atoms with Gasteiger partial charge in [-0.25, -0.2) is 0 Å². The molecule has 0 bridgehead atoms. The number of rotatable bonds is 7. The molecule has 0 spiro atoms. The van der Waals surface area contributed by atoms with Crippen molar-refractivity contribution in [3.8, 4) is 0 Å². The van der Waals surface area contributed by atoms with E-state index in [2.05, 4.69) is 31.4 Å². The summed E-state index contributed by atoms with van der Waals surface area (Å²) in [6, 6.07) is 6.19. The Kier molecular flexibility index (Phi) is 6.48. The van der Waals surface area contributed by atoms with Crippen LogP contribution in [0.15, 0.2) is 24.3 Å². The molecule has 0 saturated carbocycles. The summed E-state index contributed by atoms with van der Waals surface area (Å²) < 4.78 is 0.0777. The van der Waals surface area contributed by atoms with E-state index in [9.17, 15) is 14.9 Å². The molecule has 1 rings (SSSR count). The Labute approximate surface area is 128 Å². The van der Waals surface area contributed by atoms with Crippen LogP contribution in [-0.2, 0) is 4.79 Å². The average molecular weight is 311 g/mol. The zero-order valence-electron chi connectivity index (χ0n) is 12.5. The second-order valence-electron chi connectivity index (χ2n) is 5.48. The molecule has 0 aromatic heterocycles. The van der Waals surface area contributed by atoms with Gasteiger partial charge in [0.2, 0.25) is 5.91 Å². The number of carbonyl (C=O) groups excluding carboxylic acids is 1. The summed E-state index contributed by atoms with van der Waals surface area (Å²) in [4.78, 5) is 21.7. The number of nitro benzene ring substituents is 1. The third-order valence-electron chi connectivity index (χ3n) is 2.49. The van der Waals surface area contributed by atoms with Crippen LogP contribution >= 0.6 is 11.8 Å². The molecule has 0 fully saturated rings. The van der Waals surface area contributed by atoms with Crippen molar-refractivity contribution in [2.75, 3.05) is 24.2 Å². The lowest BCUT2D eigenvalue weighted by molar-refractivity contribution is -0.384. The van der Waals surface area contributed by atoms with Crippen LogP contribution in [0.25, 0.3) is 0 Å². The highest BCUT2D eigenvalue weighted by Crippen LogP contribution is 2.22. The first-order chi connectivity index (χ1) is 9.78. The van der Waals surface area contributed by atoms with Gasteiger partial charge >= 0.3 is 0 Å². The average Bonchev–Trinajstić information content (AvgIpc) is 2.41. The molecule has 0 radical (unpaired) electrons. The van der Waals surface area contributed by atoms with E-state index in [0.717, 1.165) is 5.69 Å². The first kappa shape index (κ1) is 17.3. The smallest absolute Gasteiger partial charge is 0.269 e. The largest absolute Gasteiger partial charge is 0.383 e. The van der Waals surface area contributed by atoms with E-state index >= 15 is 0 Å². The van der Waals surface area contributed by atoms with E-state index in [4.69, 9.17) is 0 Å². The molecule has 1 aromatic rings. The van der Waals surface area contributed by atoms with Gasteiger partial charge in [0.25, 0.3) is 5.69 Å². The van der Waals surface area contributed by atoms with E-state index < -0.39 is 4.92 Å². The zero-order chi connectivity index (χ0) is 15.9. The summed E-state index contributed by atoms with van der Waals surface area (Å²) in [5, 5.41) is 16.4. The number of hydrogen-bond acceptors (Lipinski definition) is 5. The second kappa shape index (κ2) is 7.87. The molecular weight excluding hydrogens is 290 g/mol. The summed E-state index contributed by atoms with van der Waals surface area (Å²) in [5.41, 5.74) is 0.854. The van der Waals surface area contributed by atoms with Crippen LogP contribution < -0.4 is 10.6 Å². The Morgan fingerprint density at radius 3 is 2.38 bits per heavy atom. The monoisotopic (exact) mass is 311 g/mol. The van der Waals surface area contributed by atoms with Crippen LogP contribution in [0.4, 0.5) is 11.4 Å². The normalized spacial score (nSPS) is 11.0. The van der Waals surface area contributed by atoms with E-state index in [1.807, 2.05) is 0 Å². The number of hydrogen-bond donors (Lipinski definition) is 2. The molecule has 1 aromatic carbocycles. The molecule has 0 aliphatic heterocycles. The minimum atomic E-state index is -0.434. The van der Waals surface area contributed by atoms with Crippen LogP contribution in [0.5, 0.6) is 0 Å². The number of amides is 1.